The zero-order valence-electron chi connectivity index (χ0n) is 12.9. The number of halogens is 1. The van der Waals surface area contributed by atoms with Crippen LogP contribution in [-0.4, -0.2) is 24.5 Å². The molecule has 0 radical (unpaired) electrons. The summed E-state index contributed by atoms with van der Waals surface area (Å²) in [6, 6.07) is 0. The van der Waals surface area contributed by atoms with E-state index in [0.717, 1.165) is 25.9 Å². The van der Waals surface area contributed by atoms with Crippen molar-refractivity contribution in [3.63, 3.8) is 0 Å². The lowest BCUT2D eigenvalue weighted by Crippen LogP contribution is -2.46. The van der Waals surface area contributed by atoms with E-state index >= 15 is 0 Å². The third kappa shape index (κ3) is 6.13. The normalized spacial score (nSPS) is 21.4. The van der Waals surface area contributed by atoms with Crippen LogP contribution in [0.3, 0.4) is 0 Å². The van der Waals surface area contributed by atoms with Gasteiger partial charge in [0.1, 0.15) is 0 Å². The number of nitrogens with one attached hydrogen (secondary N) is 2. The summed E-state index contributed by atoms with van der Waals surface area (Å²) in [5.74, 6) is 1.37. The Hall–Kier alpha value is -0.280. The second-order valence-electron chi connectivity index (χ2n) is 6.10. The lowest BCUT2D eigenvalue weighted by atomic mass is 9.85. The van der Waals surface area contributed by atoms with Gasteiger partial charge in [-0.25, -0.2) is 0 Å². The van der Waals surface area contributed by atoms with Gasteiger partial charge in [0.25, 0.3) is 0 Å². The largest absolute Gasteiger partial charge is 0.351 e. The van der Waals surface area contributed by atoms with Gasteiger partial charge in [-0.3, -0.25) is 4.79 Å². The second-order valence-corrected chi connectivity index (χ2v) is 6.10. The summed E-state index contributed by atoms with van der Waals surface area (Å²) < 4.78 is 0. The molecule has 0 spiro atoms. The lowest BCUT2D eigenvalue weighted by Gasteiger charge is -2.31. The number of piperidine rings is 1. The van der Waals surface area contributed by atoms with E-state index in [2.05, 4.69) is 38.3 Å². The standard InChI is InChI=1S/C15H30N2O.ClH/c1-5-15(4,6-2)17-14(18)10-12(3)13-8-7-9-16-11-13;/h12-13,16H,5-11H2,1-4H3,(H,17,18);1H. The van der Waals surface area contributed by atoms with Crippen molar-refractivity contribution in [1.82, 2.24) is 10.6 Å². The van der Waals surface area contributed by atoms with Crippen LogP contribution in [0.4, 0.5) is 0 Å². The van der Waals surface area contributed by atoms with E-state index in [4.69, 9.17) is 0 Å². The van der Waals surface area contributed by atoms with Crippen LogP contribution in [0, 0.1) is 11.8 Å². The Balaban J connectivity index is 0.00000324. The topological polar surface area (TPSA) is 41.1 Å². The number of hydrogen-bond acceptors (Lipinski definition) is 2. The Morgan fingerprint density at radius 1 is 1.42 bits per heavy atom. The van der Waals surface area contributed by atoms with E-state index in [9.17, 15) is 4.79 Å². The molecule has 0 bridgehead atoms. The fourth-order valence-electron chi connectivity index (χ4n) is 2.64. The van der Waals surface area contributed by atoms with Crippen molar-refractivity contribution in [2.24, 2.45) is 11.8 Å². The van der Waals surface area contributed by atoms with Crippen LogP contribution in [0.1, 0.15) is 59.8 Å². The number of carbonyl (C=O) groups excluding carboxylic acids is 1. The molecule has 0 saturated carbocycles. The van der Waals surface area contributed by atoms with E-state index < -0.39 is 0 Å². The maximum Gasteiger partial charge on any atom is 0.220 e. The highest BCUT2D eigenvalue weighted by molar-refractivity contribution is 5.85. The fourth-order valence-corrected chi connectivity index (χ4v) is 2.64. The molecular formula is C15H31ClN2O. The molecule has 2 unspecified atom stereocenters. The summed E-state index contributed by atoms with van der Waals surface area (Å²) in [6.45, 7) is 10.8. The van der Waals surface area contributed by atoms with Crippen molar-refractivity contribution in [2.45, 2.75) is 65.3 Å². The quantitative estimate of drug-likeness (QED) is 0.789. The van der Waals surface area contributed by atoms with Gasteiger partial charge in [0.15, 0.2) is 0 Å². The van der Waals surface area contributed by atoms with Gasteiger partial charge in [-0.2, -0.15) is 0 Å². The SMILES string of the molecule is CCC(C)(CC)NC(=O)CC(C)C1CCCNC1.Cl. The molecule has 2 N–H and O–H groups in total. The van der Waals surface area contributed by atoms with Crippen LogP contribution in [0.15, 0.2) is 0 Å². The maximum atomic E-state index is 12.1. The molecule has 4 heteroatoms. The van der Waals surface area contributed by atoms with Crippen molar-refractivity contribution in [3.05, 3.63) is 0 Å². The molecule has 1 amide bonds. The van der Waals surface area contributed by atoms with E-state index in [1.807, 2.05) is 0 Å². The Morgan fingerprint density at radius 3 is 2.53 bits per heavy atom. The first-order valence-corrected chi connectivity index (χ1v) is 7.52. The number of hydrogen-bond donors (Lipinski definition) is 2. The fraction of sp³-hybridized carbons (Fsp3) is 0.933. The van der Waals surface area contributed by atoms with Crippen molar-refractivity contribution < 1.29 is 4.79 Å². The Bertz CT molecular complexity index is 261. The monoisotopic (exact) mass is 290 g/mol. The molecule has 1 heterocycles. The van der Waals surface area contributed by atoms with Gasteiger partial charge in [-0.15, -0.1) is 12.4 Å². The highest BCUT2D eigenvalue weighted by Gasteiger charge is 2.26. The Labute approximate surface area is 124 Å². The first-order chi connectivity index (χ1) is 8.50. The van der Waals surface area contributed by atoms with Crippen molar-refractivity contribution in [3.8, 4) is 0 Å². The first kappa shape index (κ1) is 18.7. The summed E-state index contributed by atoms with van der Waals surface area (Å²) >= 11 is 0. The molecule has 114 valence electrons. The van der Waals surface area contributed by atoms with Crippen LogP contribution in [0.2, 0.25) is 0 Å². The van der Waals surface area contributed by atoms with Crippen LogP contribution in [0.5, 0.6) is 0 Å². The van der Waals surface area contributed by atoms with Crippen LogP contribution in [0.25, 0.3) is 0 Å². The lowest BCUT2D eigenvalue weighted by molar-refractivity contribution is -0.124. The molecule has 0 aliphatic carbocycles. The summed E-state index contributed by atoms with van der Waals surface area (Å²) in [5.41, 5.74) is -0.0262. The minimum absolute atomic E-state index is 0. The third-order valence-corrected chi connectivity index (χ3v) is 4.65. The molecule has 1 rings (SSSR count). The molecule has 2 atom stereocenters. The Kier molecular flexibility index (Phi) is 8.67. The van der Waals surface area contributed by atoms with Crippen molar-refractivity contribution in [2.75, 3.05) is 13.1 Å². The third-order valence-electron chi connectivity index (χ3n) is 4.65. The van der Waals surface area contributed by atoms with Crippen LogP contribution in [-0.2, 0) is 4.79 Å². The van der Waals surface area contributed by atoms with Gasteiger partial charge in [0, 0.05) is 12.0 Å². The number of carbonyl (C=O) groups is 1. The minimum Gasteiger partial charge on any atom is -0.351 e. The zero-order chi connectivity index (χ0) is 13.6. The van der Waals surface area contributed by atoms with Gasteiger partial charge in [-0.1, -0.05) is 20.8 Å². The van der Waals surface area contributed by atoms with E-state index in [1.165, 1.54) is 12.8 Å². The molecule has 1 fully saturated rings. The molecule has 0 aromatic carbocycles. The van der Waals surface area contributed by atoms with E-state index in [1.54, 1.807) is 0 Å². The Morgan fingerprint density at radius 2 is 2.05 bits per heavy atom. The number of rotatable bonds is 6. The van der Waals surface area contributed by atoms with Crippen molar-refractivity contribution in [1.29, 1.82) is 0 Å². The molecular weight excluding hydrogens is 260 g/mol. The molecule has 1 saturated heterocycles. The van der Waals surface area contributed by atoms with Gasteiger partial charge in [0.05, 0.1) is 0 Å². The zero-order valence-corrected chi connectivity index (χ0v) is 13.7. The van der Waals surface area contributed by atoms with Gasteiger partial charge >= 0.3 is 0 Å². The summed E-state index contributed by atoms with van der Waals surface area (Å²) in [5, 5.41) is 6.63. The predicted molar refractivity (Wildman–Crippen MR) is 83.8 cm³/mol. The van der Waals surface area contributed by atoms with E-state index in [0.29, 0.717) is 18.3 Å². The van der Waals surface area contributed by atoms with Crippen LogP contribution >= 0.6 is 12.4 Å². The van der Waals surface area contributed by atoms with Gasteiger partial charge < -0.3 is 10.6 Å². The second kappa shape index (κ2) is 8.80. The average molecular weight is 291 g/mol. The van der Waals surface area contributed by atoms with Gasteiger partial charge in [0.2, 0.25) is 5.91 Å². The summed E-state index contributed by atoms with van der Waals surface area (Å²) in [6.07, 6.45) is 5.17. The molecule has 19 heavy (non-hydrogen) atoms. The van der Waals surface area contributed by atoms with Crippen molar-refractivity contribution >= 4 is 18.3 Å². The molecule has 3 nitrogen and oxygen atoms in total. The molecule has 1 aliphatic heterocycles. The summed E-state index contributed by atoms with van der Waals surface area (Å²) in [7, 11) is 0. The first-order valence-electron chi connectivity index (χ1n) is 7.52. The molecule has 0 aromatic heterocycles. The maximum absolute atomic E-state index is 12.1. The molecule has 1 aliphatic rings. The highest BCUT2D eigenvalue weighted by Crippen LogP contribution is 2.23. The van der Waals surface area contributed by atoms with E-state index in [-0.39, 0.29) is 23.9 Å². The predicted octanol–water partition coefficient (Wildman–Crippen LogP) is 3.13. The molecule has 0 aromatic rings. The number of amides is 1. The van der Waals surface area contributed by atoms with Crippen LogP contribution < -0.4 is 10.6 Å². The smallest absolute Gasteiger partial charge is 0.220 e. The minimum atomic E-state index is -0.0262. The van der Waals surface area contributed by atoms with Gasteiger partial charge in [-0.05, 0) is 57.5 Å². The highest BCUT2D eigenvalue weighted by atomic mass is 35.5. The summed E-state index contributed by atoms with van der Waals surface area (Å²) in [4.78, 5) is 12.1. The average Bonchev–Trinajstić information content (AvgIpc) is 2.39.